The first-order valence-electron chi connectivity index (χ1n) is 9.75. The Morgan fingerprint density at radius 3 is 2.52 bits per heavy atom. The Morgan fingerprint density at radius 1 is 1.19 bits per heavy atom. The van der Waals surface area contributed by atoms with E-state index in [0.717, 1.165) is 5.56 Å². The van der Waals surface area contributed by atoms with Gasteiger partial charge in [-0.2, -0.15) is 0 Å². The molecule has 0 atom stereocenters. The van der Waals surface area contributed by atoms with E-state index < -0.39 is 10.0 Å². The van der Waals surface area contributed by atoms with Gasteiger partial charge in [0, 0.05) is 25.6 Å². The van der Waals surface area contributed by atoms with Crippen LogP contribution in [0.5, 0.6) is 0 Å². The molecule has 2 amide bonds. The van der Waals surface area contributed by atoms with E-state index in [2.05, 4.69) is 20.8 Å². The number of anilines is 1. The number of amides is 2. The fourth-order valence-electron chi connectivity index (χ4n) is 3.06. The van der Waals surface area contributed by atoms with Crippen LogP contribution in [0.1, 0.15) is 24.0 Å². The highest BCUT2D eigenvalue weighted by Gasteiger charge is 2.29. The number of nitrogens with one attached hydrogen (secondary N) is 2. The van der Waals surface area contributed by atoms with Gasteiger partial charge in [0.25, 0.3) is 0 Å². The Hall–Kier alpha value is -2.02. The number of hydrogen-bond donors (Lipinski definition) is 2. The van der Waals surface area contributed by atoms with Crippen LogP contribution in [-0.4, -0.2) is 59.8 Å². The Kier molecular flexibility index (Phi) is 8.03. The molecule has 2 aromatic rings. The molecule has 1 aromatic carbocycles. The van der Waals surface area contributed by atoms with Crippen LogP contribution >= 0.6 is 23.1 Å². The SMILES string of the molecule is Cc1ccc(CNC(=O)CSc2nnc(NC(=O)C3CCN(S(C)(=O)=O)CC3)s2)cc1. The van der Waals surface area contributed by atoms with Gasteiger partial charge in [-0.1, -0.05) is 52.9 Å². The van der Waals surface area contributed by atoms with Gasteiger partial charge in [-0.3, -0.25) is 9.59 Å². The molecule has 1 aliphatic heterocycles. The van der Waals surface area contributed by atoms with Crippen molar-refractivity contribution in [2.24, 2.45) is 5.92 Å². The highest BCUT2D eigenvalue weighted by Crippen LogP contribution is 2.27. The maximum absolute atomic E-state index is 12.4. The number of sulfonamides is 1. The van der Waals surface area contributed by atoms with Gasteiger partial charge in [0.2, 0.25) is 27.0 Å². The zero-order chi connectivity index (χ0) is 22.4. The second-order valence-corrected chi connectivity index (χ2v) is 11.5. The number of benzene rings is 1. The third-order valence-electron chi connectivity index (χ3n) is 4.87. The van der Waals surface area contributed by atoms with E-state index in [0.29, 0.717) is 41.9 Å². The molecule has 12 heteroatoms. The second-order valence-electron chi connectivity index (χ2n) is 7.35. The van der Waals surface area contributed by atoms with Gasteiger partial charge < -0.3 is 10.6 Å². The minimum Gasteiger partial charge on any atom is -0.351 e. The highest BCUT2D eigenvalue weighted by molar-refractivity contribution is 8.01. The summed E-state index contributed by atoms with van der Waals surface area (Å²) in [5, 5.41) is 14.0. The van der Waals surface area contributed by atoms with Crippen molar-refractivity contribution < 1.29 is 18.0 Å². The van der Waals surface area contributed by atoms with E-state index in [1.54, 1.807) is 0 Å². The van der Waals surface area contributed by atoms with Crippen LogP contribution in [0.2, 0.25) is 0 Å². The number of hydrogen-bond acceptors (Lipinski definition) is 8. The number of rotatable bonds is 8. The van der Waals surface area contributed by atoms with E-state index >= 15 is 0 Å². The number of aromatic nitrogens is 2. The molecule has 1 saturated heterocycles. The third-order valence-corrected chi connectivity index (χ3v) is 8.14. The fourth-order valence-corrected chi connectivity index (χ4v) is 5.52. The fraction of sp³-hybridized carbons (Fsp3) is 0.474. The lowest BCUT2D eigenvalue weighted by molar-refractivity contribution is -0.121. The summed E-state index contributed by atoms with van der Waals surface area (Å²) in [5.74, 6) is -0.343. The average molecular weight is 484 g/mol. The first kappa shape index (κ1) is 23.6. The molecule has 0 bridgehead atoms. The Balaban J connectivity index is 1.40. The van der Waals surface area contributed by atoms with E-state index in [9.17, 15) is 18.0 Å². The molecular weight excluding hydrogens is 458 g/mol. The van der Waals surface area contributed by atoms with Gasteiger partial charge in [0.15, 0.2) is 4.34 Å². The van der Waals surface area contributed by atoms with Crippen LogP contribution in [0, 0.1) is 12.8 Å². The number of nitrogens with zero attached hydrogens (tertiary/aromatic N) is 3. The Morgan fingerprint density at radius 2 is 1.87 bits per heavy atom. The van der Waals surface area contributed by atoms with E-state index in [4.69, 9.17) is 0 Å². The molecule has 2 N–H and O–H groups in total. The molecule has 0 spiro atoms. The molecule has 0 unspecified atom stereocenters. The first-order valence-corrected chi connectivity index (χ1v) is 13.4. The quantitative estimate of drug-likeness (QED) is 0.434. The maximum Gasteiger partial charge on any atom is 0.230 e. The zero-order valence-electron chi connectivity index (χ0n) is 17.3. The van der Waals surface area contributed by atoms with Gasteiger partial charge in [-0.15, -0.1) is 10.2 Å². The van der Waals surface area contributed by atoms with Gasteiger partial charge >= 0.3 is 0 Å². The summed E-state index contributed by atoms with van der Waals surface area (Å²) in [5.41, 5.74) is 2.20. The molecule has 2 heterocycles. The van der Waals surface area contributed by atoms with Crippen LogP contribution < -0.4 is 10.6 Å². The summed E-state index contributed by atoms with van der Waals surface area (Å²) in [6.45, 7) is 3.16. The lowest BCUT2D eigenvalue weighted by Gasteiger charge is -2.29. The van der Waals surface area contributed by atoms with E-state index in [1.807, 2.05) is 31.2 Å². The van der Waals surface area contributed by atoms with E-state index in [1.165, 1.54) is 39.2 Å². The lowest BCUT2D eigenvalue weighted by Crippen LogP contribution is -2.40. The number of carbonyl (C=O) groups is 2. The lowest BCUT2D eigenvalue weighted by atomic mass is 9.97. The molecule has 1 aromatic heterocycles. The standard InChI is InChI=1S/C19H25N5O4S3/c1-13-3-5-14(6-4-13)11-20-16(25)12-29-19-23-22-18(30-19)21-17(26)15-7-9-24(10-8-15)31(2,27)28/h3-6,15H,7-12H2,1-2H3,(H,20,25)(H,21,22,26). The predicted octanol–water partition coefficient (Wildman–Crippen LogP) is 1.87. The first-order chi connectivity index (χ1) is 14.7. The monoisotopic (exact) mass is 483 g/mol. The van der Waals surface area contributed by atoms with Crippen LogP contribution in [0.4, 0.5) is 5.13 Å². The second kappa shape index (κ2) is 10.5. The average Bonchev–Trinajstić information content (AvgIpc) is 3.18. The van der Waals surface area contributed by atoms with E-state index in [-0.39, 0.29) is 23.5 Å². The van der Waals surface area contributed by atoms with Crippen LogP contribution in [0.3, 0.4) is 0 Å². The largest absolute Gasteiger partial charge is 0.351 e. The molecule has 168 valence electrons. The topological polar surface area (TPSA) is 121 Å². The Labute approximate surface area is 190 Å². The minimum absolute atomic E-state index is 0.107. The van der Waals surface area contributed by atoms with Gasteiger partial charge in [0.1, 0.15) is 0 Å². The summed E-state index contributed by atoms with van der Waals surface area (Å²) in [7, 11) is -3.22. The molecule has 0 aliphatic carbocycles. The third kappa shape index (κ3) is 7.27. The molecule has 0 radical (unpaired) electrons. The normalized spacial score (nSPS) is 15.5. The number of thioether (sulfide) groups is 1. The summed E-state index contributed by atoms with van der Waals surface area (Å²) in [6.07, 6.45) is 2.12. The number of piperidine rings is 1. The molecule has 1 aliphatic rings. The zero-order valence-corrected chi connectivity index (χ0v) is 19.8. The van der Waals surface area contributed by atoms with Gasteiger partial charge in [0.05, 0.1) is 12.0 Å². The molecular formula is C19H25N5O4S3. The molecule has 1 fully saturated rings. The van der Waals surface area contributed by atoms with Crippen molar-refractivity contribution >= 4 is 50.1 Å². The van der Waals surface area contributed by atoms with Crippen molar-refractivity contribution in [1.29, 1.82) is 0 Å². The van der Waals surface area contributed by atoms with Crippen molar-refractivity contribution in [2.45, 2.75) is 30.6 Å². The number of aryl methyl sites for hydroxylation is 1. The molecule has 3 rings (SSSR count). The number of carbonyl (C=O) groups excluding carboxylic acids is 2. The Bertz CT molecular complexity index is 1020. The molecule has 0 saturated carbocycles. The summed E-state index contributed by atoms with van der Waals surface area (Å²) in [6, 6.07) is 7.96. The van der Waals surface area contributed by atoms with Crippen LogP contribution in [-0.2, 0) is 26.2 Å². The van der Waals surface area contributed by atoms with Crippen molar-refractivity contribution in [3.05, 3.63) is 35.4 Å². The molecule has 31 heavy (non-hydrogen) atoms. The van der Waals surface area contributed by atoms with Gasteiger partial charge in [-0.25, -0.2) is 12.7 Å². The summed E-state index contributed by atoms with van der Waals surface area (Å²) < 4.78 is 25.1. The van der Waals surface area contributed by atoms with Crippen molar-refractivity contribution in [1.82, 2.24) is 19.8 Å². The highest BCUT2D eigenvalue weighted by atomic mass is 32.2. The van der Waals surface area contributed by atoms with Crippen LogP contribution in [0.15, 0.2) is 28.6 Å². The van der Waals surface area contributed by atoms with Gasteiger partial charge in [-0.05, 0) is 25.3 Å². The minimum atomic E-state index is -3.22. The predicted molar refractivity (Wildman–Crippen MR) is 121 cm³/mol. The molecule has 9 nitrogen and oxygen atoms in total. The summed E-state index contributed by atoms with van der Waals surface area (Å²) >= 11 is 2.47. The summed E-state index contributed by atoms with van der Waals surface area (Å²) in [4.78, 5) is 24.5. The van der Waals surface area contributed by atoms with Crippen LogP contribution in [0.25, 0.3) is 0 Å². The maximum atomic E-state index is 12.4. The smallest absolute Gasteiger partial charge is 0.230 e. The van der Waals surface area contributed by atoms with Crippen molar-refractivity contribution in [3.63, 3.8) is 0 Å². The van der Waals surface area contributed by atoms with Crippen molar-refractivity contribution in [3.8, 4) is 0 Å². The van der Waals surface area contributed by atoms with Crippen molar-refractivity contribution in [2.75, 3.05) is 30.4 Å².